The highest BCUT2D eigenvalue weighted by Gasteiger charge is 2.23. The largest absolute Gasteiger partial charge is 0.382 e. The predicted octanol–water partition coefficient (Wildman–Crippen LogP) is 4.33. The van der Waals surface area contributed by atoms with Crippen molar-refractivity contribution in [1.29, 1.82) is 0 Å². The van der Waals surface area contributed by atoms with Crippen molar-refractivity contribution < 1.29 is 0 Å². The monoisotopic (exact) mass is 370 g/mol. The molecule has 2 aromatic heterocycles. The summed E-state index contributed by atoms with van der Waals surface area (Å²) in [5, 5.41) is 0.819. The lowest BCUT2D eigenvalue weighted by atomic mass is 10.1. The molecule has 0 radical (unpaired) electrons. The van der Waals surface area contributed by atoms with Gasteiger partial charge in [-0.2, -0.15) is 0 Å². The van der Waals surface area contributed by atoms with Crippen LogP contribution < -0.4 is 5.73 Å². The van der Waals surface area contributed by atoms with E-state index >= 15 is 0 Å². The molecule has 4 nitrogen and oxygen atoms in total. The lowest BCUT2D eigenvalue weighted by Crippen LogP contribution is -2.29. The van der Waals surface area contributed by atoms with Gasteiger partial charge in [0.25, 0.3) is 0 Å². The van der Waals surface area contributed by atoms with Crippen LogP contribution in [0.2, 0.25) is 0 Å². The molecule has 0 bridgehead atoms. The van der Waals surface area contributed by atoms with E-state index in [0.717, 1.165) is 53.6 Å². The van der Waals surface area contributed by atoms with Crippen LogP contribution in [0.1, 0.15) is 29.3 Å². The molecule has 0 aliphatic carbocycles. The van der Waals surface area contributed by atoms with Crippen molar-refractivity contribution >= 4 is 39.1 Å². The number of nitrogen functional groups attached to an aromatic ring is 1. The average Bonchev–Trinajstić information content (AvgIpc) is 2.99. The van der Waals surface area contributed by atoms with Gasteiger partial charge in [0, 0.05) is 30.3 Å². The molecular formula is C19H22N4S2. The highest BCUT2D eigenvalue weighted by molar-refractivity contribution is 7.99. The van der Waals surface area contributed by atoms with E-state index < -0.39 is 0 Å². The van der Waals surface area contributed by atoms with Gasteiger partial charge in [-0.25, -0.2) is 9.97 Å². The van der Waals surface area contributed by atoms with Gasteiger partial charge in [-0.1, -0.05) is 49.0 Å². The van der Waals surface area contributed by atoms with Gasteiger partial charge in [0.15, 0.2) is 5.16 Å². The number of thiophene rings is 1. The molecule has 6 heteroatoms. The van der Waals surface area contributed by atoms with E-state index in [-0.39, 0.29) is 0 Å². The third kappa shape index (κ3) is 3.52. The van der Waals surface area contributed by atoms with Crippen molar-refractivity contribution in [2.24, 2.45) is 0 Å². The first kappa shape index (κ1) is 16.8. The summed E-state index contributed by atoms with van der Waals surface area (Å²) in [4.78, 5) is 13.2. The molecule has 1 aliphatic heterocycles. The highest BCUT2D eigenvalue weighted by atomic mass is 32.2. The van der Waals surface area contributed by atoms with E-state index in [1.165, 1.54) is 16.0 Å². The highest BCUT2D eigenvalue weighted by Crippen LogP contribution is 2.37. The van der Waals surface area contributed by atoms with Crippen LogP contribution in [0.4, 0.5) is 5.82 Å². The molecule has 3 heterocycles. The molecule has 0 unspecified atom stereocenters. The maximum Gasteiger partial charge on any atom is 0.190 e. The zero-order valence-corrected chi connectivity index (χ0v) is 16.0. The smallest absolute Gasteiger partial charge is 0.190 e. The number of fused-ring (bicyclic) bond motifs is 3. The summed E-state index contributed by atoms with van der Waals surface area (Å²) in [5.41, 5.74) is 10.1. The van der Waals surface area contributed by atoms with Crippen molar-refractivity contribution in [2.75, 3.05) is 18.0 Å². The molecule has 0 atom stereocenters. The topological polar surface area (TPSA) is 55.0 Å². The van der Waals surface area contributed by atoms with Gasteiger partial charge in [-0.3, -0.25) is 4.90 Å². The third-order valence-corrected chi connectivity index (χ3v) is 6.73. The lowest BCUT2D eigenvalue weighted by molar-refractivity contribution is 0.249. The van der Waals surface area contributed by atoms with Crippen LogP contribution in [0.5, 0.6) is 0 Å². The Balaban J connectivity index is 1.60. The van der Waals surface area contributed by atoms with E-state index in [9.17, 15) is 0 Å². The van der Waals surface area contributed by atoms with E-state index in [1.807, 2.05) is 0 Å². The van der Waals surface area contributed by atoms with E-state index in [1.54, 1.807) is 23.1 Å². The van der Waals surface area contributed by atoms with Crippen LogP contribution >= 0.6 is 23.1 Å². The third-order valence-electron chi connectivity index (χ3n) is 4.45. The van der Waals surface area contributed by atoms with Crippen molar-refractivity contribution in [3.63, 3.8) is 0 Å². The molecule has 2 N–H and O–H groups in total. The maximum absolute atomic E-state index is 6.23. The Morgan fingerprint density at radius 3 is 2.88 bits per heavy atom. The minimum Gasteiger partial charge on any atom is -0.382 e. The molecule has 0 fully saturated rings. The molecule has 4 rings (SSSR count). The van der Waals surface area contributed by atoms with Gasteiger partial charge in [0.1, 0.15) is 5.82 Å². The minimum atomic E-state index is 0.637. The standard InChI is InChI=1S/C19H22N4S2/c1-2-10-24-19-21-16-14-8-9-23(11-13-6-4-3-5-7-13)12-15(14)25-17(16)18(20)22-19/h3-7H,2,8-12H2,1H3,(H2,20,21,22). The van der Waals surface area contributed by atoms with Gasteiger partial charge < -0.3 is 5.73 Å². The summed E-state index contributed by atoms with van der Waals surface area (Å²) in [5.74, 6) is 1.67. The number of hydrogen-bond acceptors (Lipinski definition) is 6. The predicted molar refractivity (Wildman–Crippen MR) is 107 cm³/mol. The summed E-state index contributed by atoms with van der Waals surface area (Å²) in [7, 11) is 0. The number of thioether (sulfide) groups is 1. The van der Waals surface area contributed by atoms with Crippen LogP contribution in [0.3, 0.4) is 0 Å². The first-order chi connectivity index (χ1) is 12.2. The zero-order chi connectivity index (χ0) is 17.2. The number of rotatable bonds is 5. The van der Waals surface area contributed by atoms with Gasteiger partial charge in [0.2, 0.25) is 0 Å². The first-order valence-corrected chi connectivity index (χ1v) is 10.5. The number of nitrogens with two attached hydrogens (primary N) is 1. The van der Waals surface area contributed by atoms with Crippen LogP contribution in [-0.2, 0) is 19.5 Å². The molecule has 0 amide bonds. The summed E-state index contributed by atoms with van der Waals surface area (Å²) >= 11 is 3.47. The first-order valence-electron chi connectivity index (χ1n) is 8.71. The molecule has 25 heavy (non-hydrogen) atoms. The van der Waals surface area contributed by atoms with Crippen molar-refractivity contribution in [3.8, 4) is 0 Å². The SMILES string of the molecule is CCCSc1nc(N)c2sc3c(c2n1)CCN(Cc1ccccc1)C3. The maximum atomic E-state index is 6.23. The summed E-state index contributed by atoms with van der Waals surface area (Å²) in [6.45, 7) is 5.20. The fourth-order valence-electron chi connectivity index (χ4n) is 3.24. The fourth-order valence-corrected chi connectivity index (χ4v) is 5.18. The van der Waals surface area contributed by atoms with Gasteiger partial charge in [-0.05, 0) is 24.0 Å². The Bertz CT molecular complexity index is 876. The Kier molecular flexibility index (Phi) is 4.92. The summed E-state index contributed by atoms with van der Waals surface area (Å²) < 4.78 is 1.06. The Morgan fingerprint density at radius 2 is 2.08 bits per heavy atom. The second-order valence-electron chi connectivity index (χ2n) is 6.37. The Hall–Kier alpha value is -1.63. The number of benzene rings is 1. The van der Waals surface area contributed by atoms with Crippen LogP contribution in [0, 0.1) is 0 Å². The molecule has 1 aliphatic rings. The number of aromatic nitrogens is 2. The lowest BCUT2D eigenvalue weighted by Gasteiger charge is -2.26. The van der Waals surface area contributed by atoms with Gasteiger partial charge in [-0.15, -0.1) is 11.3 Å². The average molecular weight is 371 g/mol. The van der Waals surface area contributed by atoms with Gasteiger partial charge >= 0.3 is 0 Å². The van der Waals surface area contributed by atoms with Crippen LogP contribution in [-0.4, -0.2) is 27.2 Å². The Morgan fingerprint density at radius 1 is 1.24 bits per heavy atom. The molecule has 0 spiro atoms. The molecule has 1 aromatic carbocycles. The van der Waals surface area contributed by atoms with Crippen LogP contribution in [0.25, 0.3) is 10.2 Å². The minimum absolute atomic E-state index is 0.637. The van der Waals surface area contributed by atoms with E-state index in [4.69, 9.17) is 10.7 Å². The fraction of sp³-hybridized carbons (Fsp3) is 0.368. The molecule has 0 saturated carbocycles. The summed E-state index contributed by atoms with van der Waals surface area (Å²) in [6.07, 6.45) is 2.15. The number of nitrogens with zero attached hydrogens (tertiary/aromatic N) is 3. The zero-order valence-electron chi connectivity index (χ0n) is 14.4. The normalized spacial score (nSPS) is 14.8. The van der Waals surface area contributed by atoms with Crippen molar-refractivity contribution in [2.45, 2.75) is 38.0 Å². The Labute approximate surface area is 156 Å². The van der Waals surface area contributed by atoms with Crippen molar-refractivity contribution in [3.05, 3.63) is 46.3 Å². The van der Waals surface area contributed by atoms with Crippen LogP contribution in [0.15, 0.2) is 35.5 Å². The van der Waals surface area contributed by atoms with Gasteiger partial charge in [0.05, 0.1) is 10.2 Å². The second-order valence-corrected chi connectivity index (χ2v) is 8.53. The molecule has 0 saturated heterocycles. The number of anilines is 1. The quantitative estimate of drug-likeness (QED) is 0.535. The summed E-state index contributed by atoms with van der Waals surface area (Å²) in [6, 6.07) is 10.7. The molecular weight excluding hydrogens is 348 g/mol. The van der Waals surface area contributed by atoms with E-state index in [0.29, 0.717) is 5.82 Å². The second kappa shape index (κ2) is 7.32. The molecule has 130 valence electrons. The van der Waals surface area contributed by atoms with Crippen molar-refractivity contribution in [1.82, 2.24) is 14.9 Å². The number of hydrogen-bond donors (Lipinski definition) is 1. The molecule has 3 aromatic rings. The van der Waals surface area contributed by atoms with E-state index in [2.05, 4.69) is 47.1 Å².